The first-order chi connectivity index (χ1) is 14.0. The van der Waals surface area contributed by atoms with Crippen LogP contribution in [0.4, 0.5) is 13.2 Å². The molecule has 10 heteroatoms. The van der Waals surface area contributed by atoms with E-state index in [-0.39, 0.29) is 25.5 Å². The SMILES string of the molecule is Cc1cccc(C(=O)N2CCCN(S(=O)(=O)c3ccc(Cl)c(C(F)(F)F)c3)CC2)c1. The van der Waals surface area contributed by atoms with Crippen LogP contribution < -0.4 is 0 Å². The van der Waals surface area contributed by atoms with Gasteiger partial charge in [-0.15, -0.1) is 0 Å². The molecule has 3 rings (SSSR count). The normalized spacial score (nSPS) is 16.4. The van der Waals surface area contributed by atoms with Crippen LogP contribution in [0.2, 0.25) is 5.02 Å². The molecule has 0 spiro atoms. The first kappa shape index (κ1) is 22.6. The zero-order valence-electron chi connectivity index (χ0n) is 16.1. The Morgan fingerprint density at radius 2 is 1.77 bits per heavy atom. The number of rotatable bonds is 3. The molecule has 1 heterocycles. The molecule has 5 nitrogen and oxygen atoms in total. The molecule has 1 aliphatic rings. The number of nitrogens with zero attached hydrogens (tertiary/aromatic N) is 2. The fourth-order valence-electron chi connectivity index (χ4n) is 3.33. The highest BCUT2D eigenvalue weighted by Gasteiger charge is 2.36. The molecule has 0 N–H and O–H groups in total. The largest absolute Gasteiger partial charge is 0.417 e. The minimum Gasteiger partial charge on any atom is -0.337 e. The second-order valence-electron chi connectivity index (χ2n) is 7.06. The first-order valence-electron chi connectivity index (χ1n) is 9.23. The summed E-state index contributed by atoms with van der Waals surface area (Å²) in [5.41, 5.74) is 0.248. The molecule has 0 unspecified atom stereocenters. The van der Waals surface area contributed by atoms with Gasteiger partial charge in [-0.05, 0) is 43.7 Å². The molecular formula is C20H20ClF3N2O3S. The zero-order chi connectivity index (χ0) is 22.1. The van der Waals surface area contributed by atoms with E-state index in [0.29, 0.717) is 24.6 Å². The van der Waals surface area contributed by atoms with Gasteiger partial charge in [0.1, 0.15) is 0 Å². The summed E-state index contributed by atoms with van der Waals surface area (Å²) in [7, 11) is -4.17. The lowest BCUT2D eigenvalue weighted by molar-refractivity contribution is -0.137. The van der Waals surface area contributed by atoms with Gasteiger partial charge in [0.2, 0.25) is 10.0 Å². The highest BCUT2D eigenvalue weighted by Crippen LogP contribution is 2.36. The smallest absolute Gasteiger partial charge is 0.337 e. The van der Waals surface area contributed by atoms with Gasteiger partial charge in [0.15, 0.2) is 0 Å². The van der Waals surface area contributed by atoms with Crippen LogP contribution in [0.25, 0.3) is 0 Å². The van der Waals surface area contributed by atoms with E-state index in [1.165, 1.54) is 0 Å². The van der Waals surface area contributed by atoms with E-state index in [1.54, 1.807) is 23.1 Å². The summed E-state index contributed by atoms with van der Waals surface area (Å²) in [6.45, 7) is 2.46. The van der Waals surface area contributed by atoms with Gasteiger partial charge >= 0.3 is 6.18 Å². The Hall–Kier alpha value is -2.10. The van der Waals surface area contributed by atoms with E-state index in [2.05, 4.69) is 0 Å². The van der Waals surface area contributed by atoms with Crippen molar-refractivity contribution in [3.8, 4) is 0 Å². The van der Waals surface area contributed by atoms with Gasteiger partial charge in [0, 0.05) is 31.7 Å². The van der Waals surface area contributed by atoms with Crippen LogP contribution in [0, 0.1) is 6.92 Å². The Balaban J connectivity index is 1.80. The maximum absolute atomic E-state index is 13.1. The van der Waals surface area contributed by atoms with Gasteiger partial charge in [-0.3, -0.25) is 4.79 Å². The molecule has 0 aliphatic carbocycles. The Morgan fingerprint density at radius 3 is 2.43 bits per heavy atom. The van der Waals surface area contributed by atoms with E-state index < -0.39 is 31.7 Å². The number of carbonyl (C=O) groups excluding carboxylic acids is 1. The molecule has 1 amide bonds. The Kier molecular flexibility index (Phi) is 6.45. The average Bonchev–Trinajstić information content (AvgIpc) is 2.93. The molecule has 1 saturated heterocycles. The number of hydrogen-bond donors (Lipinski definition) is 0. The van der Waals surface area contributed by atoms with Gasteiger partial charge in [-0.25, -0.2) is 8.42 Å². The Bertz CT molecular complexity index is 1060. The summed E-state index contributed by atoms with van der Waals surface area (Å²) in [4.78, 5) is 13.8. The monoisotopic (exact) mass is 460 g/mol. The molecule has 2 aromatic rings. The summed E-state index contributed by atoms with van der Waals surface area (Å²) in [5, 5.41) is -0.563. The number of aryl methyl sites for hydroxylation is 1. The third-order valence-electron chi connectivity index (χ3n) is 4.89. The predicted molar refractivity (Wildman–Crippen MR) is 107 cm³/mol. The number of halogens is 4. The second kappa shape index (κ2) is 8.56. The minimum atomic E-state index is -4.77. The van der Waals surface area contributed by atoms with E-state index in [9.17, 15) is 26.4 Å². The van der Waals surface area contributed by atoms with Crippen LogP contribution in [-0.4, -0.2) is 49.7 Å². The highest BCUT2D eigenvalue weighted by molar-refractivity contribution is 7.89. The lowest BCUT2D eigenvalue weighted by Crippen LogP contribution is -2.37. The minimum absolute atomic E-state index is 0.0101. The van der Waals surface area contributed by atoms with E-state index in [1.807, 2.05) is 13.0 Å². The molecule has 0 radical (unpaired) electrons. The molecule has 0 atom stereocenters. The first-order valence-corrected chi connectivity index (χ1v) is 11.0. The van der Waals surface area contributed by atoms with Crippen molar-refractivity contribution in [3.05, 3.63) is 64.2 Å². The van der Waals surface area contributed by atoms with Crippen molar-refractivity contribution >= 4 is 27.5 Å². The number of sulfonamides is 1. The lowest BCUT2D eigenvalue weighted by atomic mass is 10.1. The van der Waals surface area contributed by atoms with Crippen LogP contribution in [0.1, 0.15) is 27.9 Å². The van der Waals surface area contributed by atoms with Gasteiger partial charge in [0.25, 0.3) is 5.91 Å². The summed E-state index contributed by atoms with van der Waals surface area (Å²) in [5.74, 6) is -0.205. The van der Waals surface area contributed by atoms with Crippen LogP contribution in [0.15, 0.2) is 47.4 Å². The summed E-state index contributed by atoms with van der Waals surface area (Å²) >= 11 is 5.59. The fourth-order valence-corrected chi connectivity index (χ4v) is 5.05. The standard InChI is InChI=1S/C20H20ClF3N2O3S/c1-14-4-2-5-15(12-14)19(27)25-8-3-9-26(11-10-25)30(28,29)16-6-7-18(21)17(13-16)20(22,23)24/h2,4-7,12-13H,3,8-11H2,1H3. The van der Waals surface area contributed by atoms with Crippen molar-refractivity contribution in [1.82, 2.24) is 9.21 Å². The zero-order valence-corrected chi connectivity index (χ0v) is 17.7. The van der Waals surface area contributed by atoms with Crippen LogP contribution >= 0.6 is 11.6 Å². The quantitative estimate of drug-likeness (QED) is 0.689. The van der Waals surface area contributed by atoms with Crippen LogP contribution in [0.3, 0.4) is 0 Å². The van der Waals surface area contributed by atoms with Crippen LogP contribution in [0.5, 0.6) is 0 Å². The fraction of sp³-hybridized carbons (Fsp3) is 0.350. The van der Waals surface area contributed by atoms with Crippen molar-refractivity contribution < 1.29 is 26.4 Å². The van der Waals surface area contributed by atoms with E-state index >= 15 is 0 Å². The molecule has 0 saturated carbocycles. The molecule has 1 aliphatic heterocycles. The van der Waals surface area contributed by atoms with Crippen LogP contribution in [-0.2, 0) is 16.2 Å². The van der Waals surface area contributed by atoms with Gasteiger partial charge < -0.3 is 4.90 Å². The van der Waals surface area contributed by atoms with Crippen molar-refractivity contribution in [1.29, 1.82) is 0 Å². The van der Waals surface area contributed by atoms with Gasteiger partial charge in [-0.1, -0.05) is 29.3 Å². The number of amides is 1. The molecule has 0 aromatic heterocycles. The molecule has 0 bridgehead atoms. The number of carbonyl (C=O) groups is 1. The Morgan fingerprint density at radius 1 is 1.03 bits per heavy atom. The van der Waals surface area contributed by atoms with E-state index in [4.69, 9.17) is 11.6 Å². The molecule has 30 heavy (non-hydrogen) atoms. The number of benzene rings is 2. The second-order valence-corrected chi connectivity index (χ2v) is 9.40. The molecule has 162 valence electrons. The average molecular weight is 461 g/mol. The third-order valence-corrected chi connectivity index (χ3v) is 7.11. The lowest BCUT2D eigenvalue weighted by Gasteiger charge is -2.22. The van der Waals surface area contributed by atoms with Crippen molar-refractivity contribution in [2.45, 2.75) is 24.4 Å². The Labute approximate surface area is 178 Å². The summed E-state index contributed by atoms with van der Waals surface area (Å²) in [6, 6.07) is 9.65. The number of hydrogen-bond acceptors (Lipinski definition) is 3. The maximum Gasteiger partial charge on any atom is 0.417 e. The summed E-state index contributed by atoms with van der Waals surface area (Å²) in [6.07, 6.45) is -4.39. The number of alkyl halides is 3. The summed E-state index contributed by atoms with van der Waals surface area (Å²) < 4.78 is 66.3. The molecular weight excluding hydrogens is 441 g/mol. The van der Waals surface area contributed by atoms with Gasteiger partial charge in [-0.2, -0.15) is 17.5 Å². The van der Waals surface area contributed by atoms with E-state index in [0.717, 1.165) is 22.0 Å². The topological polar surface area (TPSA) is 57.7 Å². The third kappa shape index (κ3) is 4.79. The van der Waals surface area contributed by atoms with Crippen molar-refractivity contribution in [3.63, 3.8) is 0 Å². The van der Waals surface area contributed by atoms with Gasteiger partial charge in [0.05, 0.1) is 15.5 Å². The molecule has 1 fully saturated rings. The predicted octanol–water partition coefficient (Wildman–Crippen LogP) is 4.20. The maximum atomic E-state index is 13.1. The van der Waals surface area contributed by atoms with Crippen molar-refractivity contribution in [2.24, 2.45) is 0 Å². The molecule has 2 aromatic carbocycles. The van der Waals surface area contributed by atoms with Crippen molar-refractivity contribution in [2.75, 3.05) is 26.2 Å². The highest BCUT2D eigenvalue weighted by atomic mass is 35.5.